The maximum absolute atomic E-state index is 11.2. The SMILES string of the molecule is Cc1cc(C)c(C2(O)CCCC(C(C)C)C2)cc1C. The van der Waals surface area contributed by atoms with Gasteiger partial charge in [0.2, 0.25) is 0 Å². The molecule has 0 radical (unpaired) electrons. The van der Waals surface area contributed by atoms with Gasteiger partial charge in [-0.2, -0.15) is 0 Å². The fourth-order valence-corrected chi connectivity index (χ4v) is 3.57. The molecule has 1 heteroatoms. The van der Waals surface area contributed by atoms with Gasteiger partial charge in [0.1, 0.15) is 0 Å². The van der Waals surface area contributed by atoms with E-state index >= 15 is 0 Å². The first kappa shape index (κ1) is 14.6. The Bertz CT molecular complexity index is 461. The molecule has 2 unspecified atom stereocenters. The molecule has 1 fully saturated rings. The Morgan fingerprint density at radius 3 is 2.37 bits per heavy atom. The third-order valence-electron chi connectivity index (χ3n) is 5.05. The van der Waals surface area contributed by atoms with Crippen LogP contribution in [0.2, 0.25) is 0 Å². The molecule has 1 aromatic carbocycles. The predicted molar refractivity (Wildman–Crippen MR) is 81.3 cm³/mol. The second-order valence-electron chi connectivity index (χ2n) is 6.88. The quantitative estimate of drug-likeness (QED) is 0.821. The molecule has 0 aromatic heterocycles. The maximum Gasteiger partial charge on any atom is 0.0902 e. The zero-order valence-corrected chi connectivity index (χ0v) is 13.1. The van der Waals surface area contributed by atoms with Crippen LogP contribution in [0.4, 0.5) is 0 Å². The van der Waals surface area contributed by atoms with Crippen LogP contribution in [0.25, 0.3) is 0 Å². The molecular weight excluding hydrogens is 232 g/mol. The first-order valence-corrected chi connectivity index (χ1v) is 7.64. The normalized spacial score (nSPS) is 27.8. The lowest BCUT2D eigenvalue weighted by atomic mass is 9.70. The molecule has 2 rings (SSSR count). The molecular formula is C18H28O. The van der Waals surface area contributed by atoms with E-state index in [1.165, 1.54) is 28.7 Å². The van der Waals surface area contributed by atoms with E-state index in [4.69, 9.17) is 0 Å². The third-order valence-corrected chi connectivity index (χ3v) is 5.05. The minimum atomic E-state index is -0.601. The Hall–Kier alpha value is -0.820. The van der Waals surface area contributed by atoms with Gasteiger partial charge in [-0.15, -0.1) is 0 Å². The summed E-state index contributed by atoms with van der Waals surface area (Å²) in [5.41, 5.74) is 4.42. The summed E-state index contributed by atoms with van der Waals surface area (Å²) in [6.45, 7) is 11.0. The molecule has 0 aliphatic heterocycles. The van der Waals surface area contributed by atoms with Crippen molar-refractivity contribution in [2.75, 3.05) is 0 Å². The molecule has 1 aliphatic rings. The Labute approximate surface area is 118 Å². The Balaban J connectivity index is 2.36. The van der Waals surface area contributed by atoms with E-state index in [2.05, 4.69) is 46.8 Å². The van der Waals surface area contributed by atoms with Crippen molar-refractivity contribution in [3.05, 3.63) is 34.4 Å². The zero-order valence-electron chi connectivity index (χ0n) is 13.1. The average molecular weight is 260 g/mol. The number of benzene rings is 1. The van der Waals surface area contributed by atoms with Crippen LogP contribution in [0.15, 0.2) is 12.1 Å². The standard InChI is InChI=1S/C18H28O/c1-12(2)16-7-6-8-18(19,11-16)17-10-14(4)13(3)9-15(17)5/h9-10,12,16,19H,6-8,11H2,1-5H3. The molecule has 0 saturated heterocycles. The molecule has 1 N–H and O–H groups in total. The first-order chi connectivity index (χ1) is 8.83. The molecule has 2 atom stereocenters. The maximum atomic E-state index is 11.2. The highest BCUT2D eigenvalue weighted by Crippen LogP contribution is 2.43. The van der Waals surface area contributed by atoms with Crippen molar-refractivity contribution in [2.45, 2.75) is 65.9 Å². The molecule has 1 nitrogen and oxygen atoms in total. The van der Waals surface area contributed by atoms with Crippen LogP contribution in [0.5, 0.6) is 0 Å². The monoisotopic (exact) mass is 260 g/mol. The van der Waals surface area contributed by atoms with E-state index in [0.29, 0.717) is 11.8 Å². The molecule has 0 bridgehead atoms. The molecule has 1 saturated carbocycles. The second-order valence-corrected chi connectivity index (χ2v) is 6.88. The molecule has 0 spiro atoms. The van der Waals surface area contributed by atoms with Gasteiger partial charge in [-0.25, -0.2) is 0 Å². The van der Waals surface area contributed by atoms with Crippen molar-refractivity contribution >= 4 is 0 Å². The van der Waals surface area contributed by atoms with Crippen molar-refractivity contribution in [1.29, 1.82) is 0 Å². The number of aryl methyl sites for hydroxylation is 3. The average Bonchev–Trinajstić information content (AvgIpc) is 2.33. The van der Waals surface area contributed by atoms with Crippen LogP contribution in [0.1, 0.15) is 61.8 Å². The largest absolute Gasteiger partial charge is 0.385 e. The van der Waals surface area contributed by atoms with E-state index in [0.717, 1.165) is 19.3 Å². The van der Waals surface area contributed by atoms with Gasteiger partial charge in [0.05, 0.1) is 5.60 Å². The molecule has 106 valence electrons. The molecule has 0 heterocycles. The fraction of sp³-hybridized carbons (Fsp3) is 0.667. The predicted octanol–water partition coefficient (Wildman–Crippen LogP) is 4.65. The summed E-state index contributed by atoms with van der Waals surface area (Å²) in [5.74, 6) is 1.32. The van der Waals surface area contributed by atoms with Crippen molar-refractivity contribution in [2.24, 2.45) is 11.8 Å². The highest BCUT2D eigenvalue weighted by Gasteiger charge is 2.37. The van der Waals surface area contributed by atoms with Crippen LogP contribution in [0, 0.1) is 32.6 Å². The summed E-state index contributed by atoms with van der Waals surface area (Å²) in [4.78, 5) is 0. The van der Waals surface area contributed by atoms with E-state index in [1.807, 2.05) is 0 Å². The van der Waals surface area contributed by atoms with Crippen LogP contribution in [-0.2, 0) is 5.60 Å². The van der Waals surface area contributed by atoms with Crippen LogP contribution in [0.3, 0.4) is 0 Å². The highest BCUT2D eigenvalue weighted by molar-refractivity contribution is 5.40. The second kappa shape index (κ2) is 5.28. The number of rotatable bonds is 2. The van der Waals surface area contributed by atoms with Crippen molar-refractivity contribution in [3.8, 4) is 0 Å². The van der Waals surface area contributed by atoms with E-state index in [1.54, 1.807) is 0 Å². The van der Waals surface area contributed by atoms with Crippen LogP contribution >= 0.6 is 0 Å². The lowest BCUT2D eigenvalue weighted by Crippen LogP contribution is -2.35. The molecule has 0 amide bonds. The van der Waals surface area contributed by atoms with Gasteiger partial charge in [-0.1, -0.05) is 26.0 Å². The molecule has 1 aliphatic carbocycles. The molecule has 1 aromatic rings. The van der Waals surface area contributed by atoms with Crippen molar-refractivity contribution < 1.29 is 5.11 Å². The lowest BCUT2D eigenvalue weighted by Gasteiger charge is -2.40. The summed E-state index contributed by atoms with van der Waals surface area (Å²) in [5, 5.41) is 11.2. The van der Waals surface area contributed by atoms with E-state index < -0.39 is 5.60 Å². The zero-order chi connectivity index (χ0) is 14.2. The minimum absolute atomic E-state index is 0.601. The van der Waals surface area contributed by atoms with Gasteiger partial charge >= 0.3 is 0 Å². The van der Waals surface area contributed by atoms with Crippen LogP contribution < -0.4 is 0 Å². The van der Waals surface area contributed by atoms with Gasteiger partial charge in [0.25, 0.3) is 0 Å². The van der Waals surface area contributed by atoms with Gasteiger partial charge < -0.3 is 5.11 Å². The number of hydrogen-bond donors (Lipinski definition) is 1. The number of aliphatic hydroxyl groups is 1. The minimum Gasteiger partial charge on any atom is -0.385 e. The van der Waals surface area contributed by atoms with Crippen LogP contribution in [-0.4, -0.2) is 5.11 Å². The van der Waals surface area contributed by atoms with Gasteiger partial charge in [-0.3, -0.25) is 0 Å². The fourth-order valence-electron chi connectivity index (χ4n) is 3.57. The third kappa shape index (κ3) is 2.86. The van der Waals surface area contributed by atoms with Crippen molar-refractivity contribution in [1.82, 2.24) is 0 Å². The van der Waals surface area contributed by atoms with Gasteiger partial charge in [0.15, 0.2) is 0 Å². The Morgan fingerprint density at radius 2 is 1.74 bits per heavy atom. The first-order valence-electron chi connectivity index (χ1n) is 7.64. The number of hydrogen-bond acceptors (Lipinski definition) is 1. The Morgan fingerprint density at radius 1 is 1.11 bits per heavy atom. The summed E-state index contributed by atoms with van der Waals surface area (Å²) in [7, 11) is 0. The lowest BCUT2D eigenvalue weighted by molar-refractivity contribution is -0.0300. The topological polar surface area (TPSA) is 20.2 Å². The summed E-state index contributed by atoms with van der Waals surface area (Å²) >= 11 is 0. The summed E-state index contributed by atoms with van der Waals surface area (Å²) in [6.07, 6.45) is 4.25. The smallest absolute Gasteiger partial charge is 0.0902 e. The molecule has 19 heavy (non-hydrogen) atoms. The van der Waals surface area contributed by atoms with Crippen molar-refractivity contribution in [3.63, 3.8) is 0 Å². The van der Waals surface area contributed by atoms with Gasteiger partial charge in [0, 0.05) is 0 Å². The van der Waals surface area contributed by atoms with Gasteiger partial charge in [-0.05, 0) is 80.5 Å². The van der Waals surface area contributed by atoms with E-state index in [9.17, 15) is 5.11 Å². The Kier molecular flexibility index (Phi) is 4.06. The summed E-state index contributed by atoms with van der Waals surface area (Å²) in [6, 6.07) is 4.44. The summed E-state index contributed by atoms with van der Waals surface area (Å²) < 4.78 is 0. The highest BCUT2D eigenvalue weighted by atomic mass is 16.3. The van der Waals surface area contributed by atoms with E-state index in [-0.39, 0.29) is 0 Å².